The third-order valence-corrected chi connectivity index (χ3v) is 6.53. The number of benzene rings is 2. The molecule has 2 heterocycles. The number of thiazole rings is 1. The van der Waals surface area contributed by atoms with Crippen LogP contribution in [-0.2, 0) is 12.8 Å². The van der Waals surface area contributed by atoms with Crippen LogP contribution in [-0.4, -0.2) is 29.0 Å². The van der Waals surface area contributed by atoms with Gasteiger partial charge in [-0.15, -0.1) is 11.3 Å². The van der Waals surface area contributed by atoms with Crippen molar-refractivity contribution in [3.05, 3.63) is 53.0 Å². The molecule has 3 heteroatoms. The Morgan fingerprint density at radius 2 is 1.92 bits per heavy atom. The number of hydrogen-bond acceptors (Lipinski definition) is 3. The van der Waals surface area contributed by atoms with E-state index < -0.39 is 0 Å². The first kappa shape index (κ1) is 16.7. The van der Waals surface area contributed by atoms with E-state index in [1.807, 2.05) is 11.3 Å². The number of rotatable bonds is 5. The molecular formula is C22H26N2S. The van der Waals surface area contributed by atoms with Crippen molar-refractivity contribution in [3.63, 3.8) is 0 Å². The molecule has 0 radical (unpaired) electrons. The van der Waals surface area contributed by atoms with Gasteiger partial charge in [-0.25, -0.2) is 4.98 Å². The SMILES string of the molecule is CCc1ccc(-c2ccc3sc(CCN4CCCC4C)nc3c2)cc1. The van der Waals surface area contributed by atoms with Crippen molar-refractivity contribution < 1.29 is 0 Å². The van der Waals surface area contributed by atoms with Gasteiger partial charge in [-0.1, -0.05) is 37.3 Å². The predicted octanol–water partition coefficient (Wildman–Crippen LogP) is 5.55. The summed E-state index contributed by atoms with van der Waals surface area (Å²) in [5.74, 6) is 0. The second kappa shape index (κ2) is 7.27. The molecule has 4 rings (SSSR count). The molecule has 0 N–H and O–H groups in total. The lowest BCUT2D eigenvalue weighted by Crippen LogP contribution is -2.28. The van der Waals surface area contributed by atoms with Crippen LogP contribution in [0.4, 0.5) is 0 Å². The summed E-state index contributed by atoms with van der Waals surface area (Å²) in [5, 5.41) is 1.27. The van der Waals surface area contributed by atoms with Gasteiger partial charge in [-0.05, 0) is 61.6 Å². The number of fused-ring (bicyclic) bond motifs is 1. The van der Waals surface area contributed by atoms with E-state index in [0.717, 1.165) is 30.9 Å². The number of aryl methyl sites for hydroxylation is 1. The van der Waals surface area contributed by atoms with Crippen LogP contribution in [0.5, 0.6) is 0 Å². The van der Waals surface area contributed by atoms with Crippen LogP contribution >= 0.6 is 11.3 Å². The highest BCUT2D eigenvalue weighted by atomic mass is 32.1. The molecule has 1 atom stereocenters. The minimum absolute atomic E-state index is 0.743. The Morgan fingerprint density at radius 3 is 2.64 bits per heavy atom. The minimum atomic E-state index is 0.743. The summed E-state index contributed by atoms with van der Waals surface area (Å²) < 4.78 is 1.30. The summed E-state index contributed by atoms with van der Waals surface area (Å²) in [5.41, 5.74) is 5.07. The maximum Gasteiger partial charge on any atom is 0.0951 e. The van der Waals surface area contributed by atoms with E-state index in [-0.39, 0.29) is 0 Å². The highest BCUT2D eigenvalue weighted by Gasteiger charge is 2.20. The van der Waals surface area contributed by atoms with Gasteiger partial charge in [-0.3, -0.25) is 0 Å². The van der Waals surface area contributed by atoms with Crippen LogP contribution in [0, 0.1) is 0 Å². The Kier molecular flexibility index (Phi) is 4.87. The van der Waals surface area contributed by atoms with Crippen molar-refractivity contribution in [2.24, 2.45) is 0 Å². The van der Waals surface area contributed by atoms with Crippen molar-refractivity contribution in [3.8, 4) is 11.1 Å². The topological polar surface area (TPSA) is 16.1 Å². The number of hydrogen-bond donors (Lipinski definition) is 0. The monoisotopic (exact) mass is 350 g/mol. The summed E-state index contributed by atoms with van der Waals surface area (Å²) in [4.78, 5) is 7.51. The number of nitrogens with zero attached hydrogens (tertiary/aromatic N) is 2. The molecule has 0 spiro atoms. The molecule has 1 unspecified atom stereocenters. The fourth-order valence-corrected chi connectivity index (χ4v) is 4.70. The molecule has 1 saturated heterocycles. The van der Waals surface area contributed by atoms with Gasteiger partial charge in [0.05, 0.1) is 15.2 Å². The van der Waals surface area contributed by atoms with Crippen LogP contribution < -0.4 is 0 Å². The quantitative estimate of drug-likeness (QED) is 0.599. The second-order valence-corrected chi connectivity index (χ2v) is 8.23. The zero-order valence-electron chi connectivity index (χ0n) is 15.2. The average Bonchev–Trinajstić information content (AvgIpc) is 3.24. The van der Waals surface area contributed by atoms with E-state index in [1.54, 1.807) is 0 Å². The third-order valence-electron chi connectivity index (χ3n) is 5.43. The van der Waals surface area contributed by atoms with E-state index in [9.17, 15) is 0 Å². The zero-order valence-corrected chi connectivity index (χ0v) is 16.0. The standard InChI is InChI=1S/C22H26N2S/c1-3-17-6-8-18(9-7-17)19-10-11-21-20(15-19)23-22(25-21)12-14-24-13-4-5-16(24)2/h6-11,15-16H,3-5,12-14H2,1-2H3. The van der Waals surface area contributed by atoms with Crippen LogP contribution in [0.1, 0.15) is 37.3 Å². The molecule has 130 valence electrons. The summed E-state index contributed by atoms with van der Waals surface area (Å²) in [7, 11) is 0. The van der Waals surface area contributed by atoms with E-state index in [0.29, 0.717) is 0 Å². The van der Waals surface area contributed by atoms with Crippen LogP contribution in [0.25, 0.3) is 21.3 Å². The Balaban J connectivity index is 1.52. The number of aromatic nitrogens is 1. The van der Waals surface area contributed by atoms with E-state index in [2.05, 4.69) is 61.2 Å². The molecule has 0 amide bonds. The van der Waals surface area contributed by atoms with Crippen molar-refractivity contribution in [1.82, 2.24) is 9.88 Å². The Morgan fingerprint density at radius 1 is 1.12 bits per heavy atom. The Bertz CT molecular complexity index is 850. The molecule has 1 aromatic heterocycles. The molecule has 0 aliphatic carbocycles. The van der Waals surface area contributed by atoms with Gasteiger partial charge >= 0.3 is 0 Å². The first-order chi connectivity index (χ1) is 12.2. The lowest BCUT2D eigenvalue weighted by Gasteiger charge is -2.19. The molecule has 3 aromatic rings. The second-order valence-electron chi connectivity index (χ2n) is 7.12. The first-order valence-electron chi connectivity index (χ1n) is 9.46. The summed E-state index contributed by atoms with van der Waals surface area (Å²) in [6.07, 6.45) is 4.86. The third kappa shape index (κ3) is 3.63. The normalized spacial score (nSPS) is 18.2. The summed E-state index contributed by atoms with van der Waals surface area (Å²) >= 11 is 1.85. The predicted molar refractivity (Wildman–Crippen MR) is 108 cm³/mol. The van der Waals surface area contributed by atoms with Crippen molar-refractivity contribution in [2.75, 3.05) is 13.1 Å². The van der Waals surface area contributed by atoms with Gasteiger partial charge in [0.2, 0.25) is 0 Å². The highest BCUT2D eigenvalue weighted by Crippen LogP contribution is 2.29. The average molecular weight is 351 g/mol. The maximum atomic E-state index is 4.91. The van der Waals surface area contributed by atoms with Crippen molar-refractivity contribution in [2.45, 2.75) is 45.6 Å². The molecule has 0 bridgehead atoms. The first-order valence-corrected chi connectivity index (χ1v) is 10.3. The maximum absolute atomic E-state index is 4.91. The molecule has 2 aromatic carbocycles. The fourth-order valence-electron chi connectivity index (χ4n) is 3.76. The van der Waals surface area contributed by atoms with Gasteiger partial charge in [-0.2, -0.15) is 0 Å². The van der Waals surface area contributed by atoms with Gasteiger partial charge < -0.3 is 4.90 Å². The zero-order chi connectivity index (χ0) is 17.2. The van der Waals surface area contributed by atoms with E-state index in [1.165, 1.54) is 45.8 Å². The Hall–Kier alpha value is -1.71. The van der Waals surface area contributed by atoms with E-state index >= 15 is 0 Å². The molecule has 2 nitrogen and oxygen atoms in total. The van der Waals surface area contributed by atoms with E-state index in [4.69, 9.17) is 4.98 Å². The summed E-state index contributed by atoms with van der Waals surface area (Å²) in [6, 6.07) is 16.4. The van der Waals surface area contributed by atoms with Crippen LogP contribution in [0.3, 0.4) is 0 Å². The molecule has 0 saturated carbocycles. The lowest BCUT2D eigenvalue weighted by atomic mass is 10.0. The van der Waals surface area contributed by atoms with Gasteiger partial charge in [0.25, 0.3) is 0 Å². The highest BCUT2D eigenvalue weighted by molar-refractivity contribution is 7.18. The largest absolute Gasteiger partial charge is 0.300 e. The van der Waals surface area contributed by atoms with Gasteiger partial charge in [0.15, 0.2) is 0 Å². The van der Waals surface area contributed by atoms with Crippen molar-refractivity contribution in [1.29, 1.82) is 0 Å². The van der Waals surface area contributed by atoms with Gasteiger partial charge in [0, 0.05) is 19.0 Å². The van der Waals surface area contributed by atoms with Crippen LogP contribution in [0.15, 0.2) is 42.5 Å². The lowest BCUT2D eigenvalue weighted by molar-refractivity contribution is 0.272. The summed E-state index contributed by atoms with van der Waals surface area (Å²) in [6.45, 7) is 6.94. The van der Waals surface area contributed by atoms with Gasteiger partial charge in [0.1, 0.15) is 0 Å². The molecule has 25 heavy (non-hydrogen) atoms. The molecule has 1 fully saturated rings. The van der Waals surface area contributed by atoms with Crippen molar-refractivity contribution >= 4 is 21.6 Å². The molecule has 1 aliphatic rings. The minimum Gasteiger partial charge on any atom is -0.300 e. The Labute approximate surface area is 154 Å². The fraction of sp³-hybridized carbons (Fsp3) is 0.409. The number of likely N-dealkylation sites (tertiary alicyclic amines) is 1. The molecular weight excluding hydrogens is 324 g/mol. The molecule has 1 aliphatic heterocycles. The smallest absolute Gasteiger partial charge is 0.0951 e. The van der Waals surface area contributed by atoms with Crippen LogP contribution in [0.2, 0.25) is 0 Å².